The molecular formula is C15H26N2OS. The summed E-state index contributed by atoms with van der Waals surface area (Å²) in [4.78, 5) is 3.75. The molecule has 0 aliphatic heterocycles. The number of likely N-dealkylation sites (N-methyl/N-ethyl adjacent to an activating group) is 1. The van der Waals surface area contributed by atoms with Gasteiger partial charge in [0.15, 0.2) is 0 Å². The van der Waals surface area contributed by atoms with Crippen molar-refractivity contribution in [3.8, 4) is 0 Å². The van der Waals surface area contributed by atoms with Crippen molar-refractivity contribution in [1.82, 2.24) is 10.2 Å². The molecule has 1 heterocycles. The molecule has 4 heteroatoms. The molecule has 1 aliphatic rings. The molecule has 0 aromatic carbocycles. The maximum Gasteiger partial charge on any atom is 0.0572 e. The highest BCUT2D eigenvalue weighted by atomic mass is 32.1. The normalized spacial score (nSPS) is 25.7. The molecule has 1 aromatic heterocycles. The van der Waals surface area contributed by atoms with Crippen LogP contribution in [0.4, 0.5) is 0 Å². The lowest BCUT2D eigenvalue weighted by Gasteiger charge is -2.31. The molecule has 3 nitrogen and oxygen atoms in total. The fourth-order valence-corrected chi connectivity index (χ4v) is 3.72. The standard InChI is InChI=1S/C15H26N2OS/c1-17(2)14(15-5-4-10-19-15)11-16-12-6-8-13(18-3)9-7-12/h4-5,10,12-14,16H,6-9,11H2,1-3H3. The molecule has 0 radical (unpaired) electrons. The minimum Gasteiger partial charge on any atom is -0.381 e. The SMILES string of the molecule is COC1CCC(NCC(c2cccs2)N(C)C)CC1. The lowest BCUT2D eigenvalue weighted by atomic mass is 9.93. The van der Waals surface area contributed by atoms with Gasteiger partial charge >= 0.3 is 0 Å². The molecule has 1 fully saturated rings. The number of thiophene rings is 1. The summed E-state index contributed by atoms with van der Waals surface area (Å²) in [5, 5.41) is 5.91. The average molecular weight is 282 g/mol. The van der Waals surface area contributed by atoms with Crippen molar-refractivity contribution in [2.75, 3.05) is 27.7 Å². The van der Waals surface area contributed by atoms with Gasteiger partial charge in [0, 0.05) is 24.6 Å². The minimum absolute atomic E-state index is 0.486. The third-order valence-corrected chi connectivity index (χ3v) is 5.08. The first kappa shape index (κ1) is 15.0. The van der Waals surface area contributed by atoms with Crippen molar-refractivity contribution in [1.29, 1.82) is 0 Å². The van der Waals surface area contributed by atoms with E-state index in [0.717, 1.165) is 6.54 Å². The molecule has 19 heavy (non-hydrogen) atoms. The second-order valence-electron chi connectivity index (χ2n) is 5.61. The lowest BCUT2D eigenvalue weighted by Crippen LogP contribution is -2.39. The Kier molecular flexibility index (Phi) is 5.82. The molecule has 1 aliphatic carbocycles. The van der Waals surface area contributed by atoms with Crippen LogP contribution in [0, 0.1) is 0 Å². The smallest absolute Gasteiger partial charge is 0.0572 e. The van der Waals surface area contributed by atoms with E-state index in [1.54, 1.807) is 0 Å². The van der Waals surface area contributed by atoms with Crippen molar-refractivity contribution in [2.45, 2.75) is 43.9 Å². The number of hydrogen-bond acceptors (Lipinski definition) is 4. The predicted octanol–water partition coefficient (Wildman–Crippen LogP) is 2.90. The third kappa shape index (κ3) is 4.28. The van der Waals surface area contributed by atoms with Gasteiger partial charge in [0.2, 0.25) is 0 Å². The second kappa shape index (κ2) is 7.39. The fourth-order valence-electron chi connectivity index (χ4n) is 2.80. The summed E-state index contributed by atoms with van der Waals surface area (Å²) in [7, 11) is 6.15. The Labute approximate surface area is 121 Å². The molecule has 1 unspecified atom stereocenters. The van der Waals surface area contributed by atoms with E-state index in [4.69, 9.17) is 4.74 Å². The Morgan fingerprint density at radius 2 is 2.11 bits per heavy atom. The molecule has 1 aromatic rings. The lowest BCUT2D eigenvalue weighted by molar-refractivity contribution is 0.0618. The maximum atomic E-state index is 5.43. The first-order chi connectivity index (χ1) is 9.20. The topological polar surface area (TPSA) is 24.5 Å². The van der Waals surface area contributed by atoms with Gasteiger partial charge in [0.05, 0.1) is 12.1 Å². The van der Waals surface area contributed by atoms with E-state index in [-0.39, 0.29) is 0 Å². The summed E-state index contributed by atoms with van der Waals surface area (Å²) in [6.45, 7) is 1.04. The van der Waals surface area contributed by atoms with E-state index < -0.39 is 0 Å². The van der Waals surface area contributed by atoms with Crippen LogP contribution >= 0.6 is 11.3 Å². The van der Waals surface area contributed by atoms with Crippen LogP contribution in [0.1, 0.15) is 36.6 Å². The maximum absolute atomic E-state index is 5.43. The van der Waals surface area contributed by atoms with Crippen LogP contribution in [0.5, 0.6) is 0 Å². The Bertz CT molecular complexity index is 345. The summed E-state index contributed by atoms with van der Waals surface area (Å²) in [5.74, 6) is 0. The van der Waals surface area contributed by atoms with Gasteiger partial charge in [0.25, 0.3) is 0 Å². The van der Waals surface area contributed by atoms with Crippen LogP contribution in [-0.2, 0) is 4.74 Å². The number of rotatable bonds is 6. The molecule has 0 amide bonds. The van der Waals surface area contributed by atoms with Gasteiger partial charge in [-0.05, 0) is 51.2 Å². The quantitative estimate of drug-likeness (QED) is 0.868. The van der Waals surface area contributed by atoms with Crippen LogP contribution in [0.3, 0.4) is 0 Å². The molecule has 0 spiro atoms. The minimum atomic E-state index is 0.486. The zero-order chi connectivity index (χ0) is 13.7. The van der Waals surface area contributed by atoms with Crippen molar-refractivity contribution in [2.24, 2.45) is 0 Å². The predicted molar refractivity (Wildman–Crippen MR) is 81.8 cm³/mol. The highest BCUT2D eigenvalue weighted by molar-refractivity contribution is 7.10. The van der Waals surface area contributed by atoms with Crippen LogP contribution < -0.4 is 5.32 Å². The molecule has 1 N–H and O–H groups in total. The van der Waals surface area contributed by atoms with Gasteiger partial charge in [-0.25, -0.2) is 0 Å². The van der Waals surface area contributed by atoms with Gasteiger partial charge in [-0.15, -0.1) is 11.3 Å². The molecule has 1 saturated carbocycles. The summed E-state index contributed by atoms with van der Waals surface area (Å²) in [6, 6.07) is 5.52. The van der Waals surface area contributed by atoms with E-state index in [9.17, 15) is 0 Å². The summed E-state index contributed by atoms with van der Waals surface area (Å²) in [6.07, 6.45) is 5.35. The van der Waals surface area contributed by atoms with E-state index >= 15 is 0 Å². The Morgan fingerprint density at radius 1 is 1.37 bits per heavy atom. The van der Waals surface area contributed by atoms with Crippen molar-refractivity contribution < 1.29 is 4.74 Å². The van der Waals surface area contributed by atoms with Crippen molar-refractivity contribution in [3.05, 3.63) is 22.4 Å². The van der Waals surface area contributed by atoms with Gasteiger partial charge in [-0.2, -0.15) is 0 Å². The summed E-state index contributed by atoms with van der Waals surface area (Å²) < 4.78 is 5.43. The van der Waals surface area contributed by atoms with E-state index in [1.165, 1.54) is 30.6 Å². The van der Waals surface area contributed by atoms with Crippen molar-refractivity contribution in [3.63, 3.8) is 0 Å². The fraction of sp³-hybridized carbons (Fsp3) is 0.733. The molecule has 0 bridgehead atoms. The first-order valence-electron chi connectivity index (χ1n) is 7.16. The molecule has 2 rings (SSSR count). The summed E-state index contributed by atoms with van der Waals surface area (Å²) >= 11 is 1.85. The van der Waals surface area contributed by atoms with Gasteiger partial charge in [0.1, 0.15) is 0 Å². The van der Waals surface area contributed by atoms with Crippen LogP contribution in [0.25, 0.3) is 0 Å². The second-order valence-corrected chi connectivity index (χ2v) is 6.59. The number of nitrogens with one attached hydrogen (secondary N) is 1. The highest BCUT2D eigenvalue weighted by Crippen LogP contribution is 2.24. The van der Waals surface area contributed by atoms with Crippen LogP contribution in [0.2, 0.25) is 0 Å². The van der Waals surface area contributed by atoms with Gasteiger partial charge in [-0.1, -0.05) is 6.07 Å². The van der Waals surface area contributed by atoms with E-state index in [1.807, 2.05) is 18.4 Å². The number of methoxy groups -OCH3 is 1. The Balaban J connectivity index is 1.80. The van der Waals surface area contributed by atoms with Crippen LogP contribution in [-0.4, -0.2) is 44.8 Å². The first-order valence-corrected chi connectivity index (χ1v) is 8.04. The average Bonchev–Trinajstić information content (AvgIpc) is 2.93. The highest BCUT2D eigenvalue weighted by Gasteiger charge is 2.22. The molecule has 108 valence electrons. The van der Waals surface area contributed by atoms with E-state index in [2.05, 4.69) is 41.8 Å². The Hall–Kier alpha value is -0.420. The summed E-state index contributed by atoms with van der Waals surface area (Å²) in [5.41, 5.74) is 0. The molecule has 1 atom stereocenters. The molecular weight excluding hydrogens is 256 g/mol. The number of hydrogen-bond donors (Lipinski definition) is 1. The van der Waals surface area contributed by atoms with Crippen molar-refractivity contribution >= 4 is 11.3 Å². The largest absolute Gasteiger partial charge is 0.381 e. The monoisotopic (exact) mass is 282 g/mol. The van der Waals surface area contributed by atoms with Gasteiger partial charge in [-0.3, -0.25) is 0 Å². The zero-order valence-corrected chi connectivity index (χ0v) is 13.1. The van der Waals surface area contributed by atoms with Crippen LogP contribution in [0.15, 0.2) is 17.5 Å². The molecule has 0 saturated heterocycles. The van der Waals surface area contributed by atoms with E-state index in [0.29, 0.717) is 18.2 Å². The third-order valence-electron chi connectivity index (χ3n) is 4.10. The Morgan fingerprint density at radius 3 is 2.63 bits per heavy atom. The zero-order valence-electron chi connectivity index (χ0n) is 12.3. The number of ether oxygens (including phenoxy) is 1. The number of nitrogens with zero attached hydrogens (tertiary/aromatic N) is 1. The van der Waals surface area contributed by atoms with Gasteiger partial charge < -0.3 is 15.0 Å².